The van der Waals surface area contributed by atoms with Crippen molar-refractivity contribution in [2.75, 3.05) is 20.2 Å². The lowest BCUT2D eigenvalue weighted by Crippen LogP contribution is -2.42. The number of esters is 1. The number of carbonyl (C=O) groups is 3. The summed E-state index contributed by atoms with van der Waals surface area (Å²) in [5.41, 5.74) is -0.760. The van der Waals surface area contributed by atoms with E-state index in [1.54, 1.807) is 20.8 Å². The predicted molar refractivity (Wildman–Crippen MR) is 57.5 cm³/mol. The number of rotatable bonds is 4. The number of carboxylic acid groups (broad SMARTS) is 1. The molecule has 0 aromatic rings. The topological polar surface area (TPSA) is 93.1 Å². The first-order valence-corrected chi connectivity index (χ1v) is 4.92. The maximum atomic E-state index is 11.6. The third kappa shape index (κ3) is 7.15. The van der Waals surface area contributed by atoms with Crippen LogP contribution < -0.4 is 0 Å². The fraction of sp³-hybridized carbons (Fsp3) is 0.700. The van der Waals surface area contributed by atoms with Crippen LogP contribution in [0.25, 0.3) is 0 Å². The van der Waals surface area contributed by atoms with Crippen molar-refractivity contribution in [2.45, 2.75) is 26.4 Å². The van der Waals surface area contributed by atoms with E-state index in [1.807, 2.05) is 0 Å². The van der Waals surface area contributed by atoms with Gasteiger partial charge in [0.15, 0.2) is 0 Å². The highest BCUT2D eigenvalue weighted by Gasteiger charge is 2.25. The van der Waals surface area contributed by atoms with Gasteiger partial charge in [-0.1, -0.05) is 0 Å². The molecule has 17 heavy (non-hydrogen) atoms. The first-order chi connectivity index (χ1) is 7.65. The number of hydrogen-bond acceptors (Lipinski definition) is 5. The molecule has 0 saturated carbocycles. The second kappa shape index (κ2) is 6.07. The third-order valence-corrected chi connectivity index (χ3v) is 1.53. The van der Waals surface area contributed by atoms with E-state index in [1.165, 1.54) is 0 Å². The molecule has 0 atom stereocenters. The molecule has 0 bridgehead atoms. The Kier molecular flexibility index (Phi) is 5.43. The van der Waals surface area contributed by atoms with Crippen LogP contribution in [-0.4, -0.2) is 53.8 Å². The van der Waals surface area contributed by atoms with Crippen LogP contribution in [0.1, 0.15) is 20.8 Å². The molecule has 1 amide bonds. The molecule has 0 fully saturated rings. The number of aliphatic carboxylic acids is 1. The summed E-state index contributed by atoms with van der Waals surface area (Å²) < 4.78 is 9.32. The van der Waals surface area contributed by atoms with Crippen LogP contribution in [-0.2, 0) is 19.1 Å². The molecule has 7 nitrogen and oxygen atoms in total. The van der Waals surface area contributed by atoms with Gasteiger partial charge >= 0.3 is 18.0 Å². The van der Waals surface area contributed by atoms with Gasteiger partial charge in [-0.15, -0.1) is 0 Å². The molecule has 0 aliphatic carbocycles. The minimum absolute atomic E-state index is 0.461. The SMILES string of the molecule is COC(=O)CN(CC(=O)O)C(=O)OC(C)(C)C. The van der Waals surface area contributed by atoms with Crippen LogP contribution in [0.2, 0.25) is 0 Å². The monoisotopic (exact) mass is 247 g/mol. The van der Waals surface area contributed by atoms with Crippen molar-refractivity contribution in [3.8, 4) is 0 Å². The van der Waals surface area contributed by atoms with E-state index < -0.39 is 36.7 Å². The lowest BCUT2D eigenvalue weighted by molar-refractivity contribution is -0.144. The summed E-state index contributed by atoms with van der Waals surface area (Å²) in [5, 5.41) is 8.62. The van der Waals surface area contributed by atoms with Gasteiger partial charge in [-0.25, -0.2) is 4.79 Å². The van der Waals surface area contributed by atoms with Gasteiger partial charge < -0.3 is 14.6 Å². The largest absolute Gasteiger partial charge is 0.480 e. The molecule has 0 unspecified atom stereocenters. The van der Waals surface area contributed by atoms with Crippen LogP contribution in [0.3, 0.4) is 0 Å². The lowest BCUT2D eigenvalue weighted by Gasteiger charge is -2.25. The van der Waals surface area contributed by atoms with Gasteiger partial charge in [0.1, 0.15) is 18.7 Å². The maximum Gasteiger partial charge on any atom is 0.411 e. The minimum Gasteiger partial charge on any atom is -0.480 e. The average Bonchev–Trinajstić information content (AvgIpc) is 2.13. The Hall–Kier alpha value is -1.79. The summed E-state index contributed by atoms with van der Waals surface area (Å²) >= 11 is 0. The van der Waals surface area contributed by atoms with E-state index in [2.05, 4.69) is 4.74 Å². The van der Waals surface area contributed by atoms with Crippen LogP contribution in [0.4, 0.5) is 4.79 Å². The van der Waals surface area contributed by atoms with Crippen molar-refractivity contribution in [1.29, 1.82) is 0 Å². The molecule has 0 aliphatic rings. The zero-order chi connectivity index (χ0) is 13.6. The minimum atomic E-state index is -1.24. The van der Waals surface area contributed by atoms with Crippen molar-refractivity contribution in [3.05, 3.63) is 0 Å². The highest BCUT2D eigenvalue weighted by Crippen LogP contribution is 2.09. The average molecular weight is 247 g/mol. The van der Waals surface area contributed by atoms with Gasteiger partial charge in [0.25, 0.3) is 0 Å². The highest BCUT2D eigenvalue weighted by molar-refractivity contribution is 5.82. The van der Waals surface area contributed by atoms with E-state index in [-0.39, 0.29) is 0 Å². The number of carboxylic acids is 1. The Morgan fingerprint density at radius 3 is 2.06 bits per heavy atom. The third-order valence-electron chi connectivity index (χ3n) is 1.53. The van der Waals surface area contributed by atoms with Crippen LogP contribution in [0.5, 0.6) is 0 Å². The Bertz CT molecular complexity index is 306. The maximum absolute atomic E-state index is 11.6. The molecule has 0 rings (SSSR count). The Balaban J connectivity index is 4.61. The number of amides is 1. The van der Waals surface area contributed by atoms with E-state index >= 15 is 0 Å². The molecule has 0 radical (unpaired) electrons. The second-order valence-corrected chi connectivity index (χ2v) is 4.31. The second-order valence-electron chi connectivity index (χ2n) is 4.31. The standard InChI is InChI=1S/C10H17NO6/c1-10(2,3)17-9(15)11(5-7(12)13)6-8(14)16-4/h5-6H2,1-4H3,(H,12,13). The summed E-state index contributed by atoms with van der Waals surface area (Å²) in [6.07, 6.45) is -0.870. The number of carbonyl (C=O) groups excluding carboxylic acids is 2. The Morgan fingerprint density at radius 2 is 1.71 bits per heavy atom. The molecule has 0 heterocycles. The van der Waals surface area contributed by atoms with Crippen LogP contribution in [0.15, 0.2) is 0 Å². The zero-order valence-electron chi connectivity index (χ0n) is 10.3. The molecular weight excluding hydrogens is 230 g/mol. The fourth-order valence-corrected chi connectivity index (χ4v) is 0.895. The Morgan fingerprint density at radius 1 is 1.18 bits per heavy atom. The van der Waals surface area contributed by atoms with E-state index in [4.69, 9.17) is 9.84 Å². The fourth-order valence-electron chi connectivity index (χ4n) is 0.895. The summed E-state index contributed by atoms with van der Waals surface area (Å²) in [5.74, 6) is -1.95. The number of ether oxygens (including phenoxy) is 2. The highest BCUT2D eigenvalue weighted by atomic mass is 16.6. The van der Waals surface area contributed by atoms with Crippen molar-refractivity contribution in [2.24, 2.45) is 0 Å². The Labute approximate surface area is 99.3 Å². The number of nitrogens with zero attached hydrogens (tertiary/aromatic N) is 1. The van der Waals surface area contributed by atoms with E-state index in [9.17, 15) is 14.4 Å². The van der Waals surface area contributed by atoms with Gasteiger partial charge in [0, 0.05) is 0 Å². The molecule has 0 aliphatic heterocycles. The molecule has 0 saturated heterocycles. The molecule has 1 N–H and O–H groups in total. The van der Waals surface area contributed by atoms with Gasteiger partial charge in [-0.2, -0.15) is 0 Å². The normalized spacial score (nSPS) is 10.6. The van der Waals surface area contributed by atoms with Gasteiger partial charge in [0.2, 0.25) is 0 Å². The molecule has 7 heteroatoms. The van der Waals surface area contributed by atoms with Crippen molar-refractivity contribution >= 4 is 18.0 Å². The quantitative estimate of drug-likeness (QED) is 0.726. The van der Waals surface area contributed by atoms with Gasteiger partial charge in [-0.05, 0) is 20.8 Å². The lowest BCUT2D eigenvalue weighted by atomic mass is 10.2. The first-order valence-electron chi connectivity index (χ1n) is 4.92. The molecule has 98 valence electrons. The summed E-state index contributed by atoms with van der Waals surface area (Å²) in [6, 6.07) is 0. The first kappa shape index (κ1) is 15.2. The van der Waals surface area contributed by atoms with Crippen LogP contribution in [0, 0.1) is 0 Å². The molecule has 0 aromatic heterocycles. The van der Waals surface area contributed by atoms with Crippen LogP contribution >= 0.6 is 0 Å². The predicted octanol–water partition coefficient (Wildman–Crippen LogP) is 0.481. The molecular formula is C10H17NO6. The number of hydrogen-bond donors (Lipinski definition) is 1. The number of methoxy groups -OCH3 is 1. The summed E-state index contributed by atoms with van der Waals surface area (Å²) in [7, 11) is 1.15. The van der Waals surface area contributed by atoms with Crippen molar-refractivity contribution in [3.63, 3.8) is 0 Å². The molecule has 0 spiro atoms. The van der Waals surface area contributed by atoms with E-state index in [0.717, 1.165) is 12.0 Å². The zero-order valence-corrected chi connectivity index (χ0v) is 10.3. The van der Waals surface area contributed by atoms with Crippen molar-refractivity contribution in [1.82, 2.24) is 4.90 Å². The summed E-state index contributed by atoms with van der Waals surface area (Å²) in [6.45, 7) is 3.84. The van der Waals surface area contributed by atoms with Crippen molar-refractivity contribution < 1.29 is 29.0 Å². The molecule has 0 aromatic carbocycles. The smallest absolute Gasteiger partial charge is 0.411 e. The van der Waals surface area contributed by atoms with Gasteiger partial charge in [-0.3, -0.25) is 14.5 Å². The van der Waals surface area contributed by atoms with Gasteiger partial charge in [0.05, 0.1) is 7.11 Å². The van der Waals surface area contributed by atoms with E-state index in [0.29, 0.717) is 0 Å². The summed E-state index contributed by atoms with van der Waals surface area (Å²) in [4.78, 5) is 33.9.